The van der Waals surface area contributed by atoms with E-state index < -0.39 is 5.97 Å². The van der Waals surface area contributed by atoms with Crippen LogP contribution in [0.1, 0.15) is 35.2 Å². The first kappa shape index (κ1) is 14.5. The molecule has 1 aliphatic heterocycles. The van der Waals surface area contributed by atoms with Crippen LogP contribution in [0.25, 0.3) is 0 Å². The van der Waals surface area contributed by atoms with Crippen molar-refractivity contribution in [2.24, 2.45) is 0 Å². The van der Waals surface area contributed by atoms with Gasteiger partial charge in [0.25, 0.3) is 0 Å². The Labute approximate surface area is 118 Å². The molecule has 0 spiro atoms. The van der Waals surface area contributed by atoms with Crippen LogP contribution in [0.5, 0.6) is 0 Å². The van der Waals surface area contributed by atoms with Crippen LogP contribution >= 0.6 is 0 Å². The molecule has 108 valence electrons. The van der Waals surface area contributed by atoms with E-state index in [4.69, 9.17) is 5.11 Å². The Morgan fingerprint density at radius 2 is 2.00 bits per heavy atom. The molecule has 1 heterocycles. The fourth-order valence-corrected chi connectivity index (χ4v) is 2.42. The number of hydrogen-bond acceptors (Lipinski definition) is 3. The maximum Gasteiger partial charge on any atom is 0.336 e. The van der Waals surface area contributed by atoms with Crippen LogP contribution in [-0.4, -0.2) is 41.5 Å². The van der Waals surface area contributed by atoms with Crippen molar-refractivity contribution in [1.82, 2.24) is 4.90 Å². The number of anilines is 1. The maximum atomic E-state index is 11.9. The number of carboxylic acids is 1. The second-order valence-corrected chi connectivity index (χ2v) is 5.18. The Kier molecular flexibility index (Phi) is 4.74. The highest BCUT2D eigenvalue weighted by Gasteiger charge is 2.13. The third kappa shape index (κ3) is 3.81. The minimum Gasteiger partial charge on any atom is -0.478 e. The van der Waals surface area contributed by atoms with Gasteiger partial charge in [-0.2, -0.15) is 0 Å². The molecule has 0 atom stereocenters. The number of rotatable bonds is 5. The van der Waals surface area contributed by atoms with Gasteiger partial charge >= 0.3 is 5.97 Å². The first-order chi connectivity index (χ1) is 9.56. The predicted octanol–water partition coefficient (Wildman–Crippen LogP) is 2.12. The van der Waals surface area contributed by atoms with Crippen molar-refractivity contribution in [1.29, 1.82) is 0 Å². The molecular formula is C15H20N2O3. The summed E-state index contributed by atoms with van der Waals surface area (Å²) in [5.74, 6) is -1.05. The van der Waals surface area contributed by atoms with Crippen LogP contribution < -0.4 is 5.32 Å². The van der Waals surface area contributed by atoms with Crippen LogP contribution in [0.2, 0.25) is 0 Å². The van der Waals surface area contributed by atoms with Crippen molar-refractivity contribution in [3.05, 3.63) is 29.3 Å². The summed E-state index contributed by atoms with van der Waals surface area (Å²) in [4.78, 5) is 25.2. The molecule has 0 saturated carbocycles. The lowest BCUT2D eigenvalue weighted by Gasteiger charge is -2.14. The van der Waals surface area contributed by atoms with E-state index in [1.54, 1.807) is 19.1 Å². The third-order valence-corrected chi connectivity index (χ3v) is 3.61. The summed E-state index contributed by atoms with van der Waals surface area (Å²) in [5, 5.41) is 11.8. The summed E-state index contributed by atoms with van der Waals surface area (Å²) in [6.45, 7) is 4.65. The van der Waals surface area contributed by atoms with Gasteiger partial charge in [0.1, 0.15) is 0 Å². The molecule has 1 aliphatic rings. The topological polar surface area (TPSA) is 69.6 Å². The molecule has 2 N–H and O–H groups in total. The van der Waals surface area contributed by atoms with Gasteiger partial charge in [0, 0.05) is 18.7 Å². The summed E-state index contributed by atoms with van der Waals surface area (Å²) >= 11 is 0. The largest absolute Gasteiger partial charge is 0.478 e. The monoisotopic (exact) mass is 276 g/mol. The van der Waals surface area contributed by atoms with Crippen LogP contribution in [-0.2, 0) is 4.79 Å². The van der Waals surface area contributed by atoms with Gasteiger partial charge in [-0.3, -0.25) is 4.79 Å². The summed E-state index contributed by atoms with van der Waals surface area (Å²) in [5.41, 5.74) is 1.45. The highest BCUT2D eigenvalue weighted by Crippen LogP contribution is 2.16. The number of nitrogens with zero attached hydrogens (tertiary/aromatic N) is 1. The Balaban J connectivity index is 1.90. The lowest BCUT2D eigenvalue weighted by Crippen LogP contribution is -2.25. The number of carbonyl (C=O) groups excluding carboxylic acids is 1. The second-order valence-electron chi connectivity index (χ2n) is 5.18. The number of benzene rings is 1. The molecule has 0 aromatic heterocycles. The first-order valence-electron chi connectivity index (χ1n) is 6.92. The van der Waals surface area contributed by atoms with Gasteiger partial charge in [-0.15, -0.1) is 0 Å². The molecule has 1 aromatic rings. The molecule has 1 fully saturated rings. The quantitative estimate of drug-likeness (QED) is 0.864. The van der Waals surface area contributed by atoms with Gasteiger partial charge in [0.2, 0.25) is 5.91 Å². The number of carbonyl (C=O) groups is 2. The van der Waals surface area contributed by atoms with Gasteiger partial charge in [0.05, 0.1) is 5.56 Å². The zero-order chi connectivity index (χ0) is 14.5. The average Bonchev–Trinajstić information content (AvgIpc) is 2.91. The number of carboxylic acid groups (broad SMARTS) is 1. The third-order valence-electron chi connectivity index (χ3n) is 3.61. The SMILES string of the molecule is Cc1ccc(NC(=O)CCN2CCCC2)cc1C(=O)O. The van der Waals surface area contributed by atoms with E-state index in [0.29, 0.717) is 17.7 Å². The van der Waals surface area contributed by atoms with Gasteiger partial charge in [-0.25, -0.2) is 4.79 Å². The number of likely N-dealkylation sites (tertiary alicyclic amines) is 1. The number of nitrogens with one attached hydrogen (secondary N) is 1. The lowest BCUT2D eigenvalue weighted by molar-refractivity contribution is -0.116. The molecule has 2 rings (SSSR count). The predicted molar refractivity (Wildman–Crippen MR) is 77.1 cm³/mol. The highest BCUT2D eigenvalue weighted by molar-refractivity contribution is 5.94. The summed E-state index contributed by atoms with van der Waals surface area (Å²) < 4.78 is 0. The molecule has 0 bridgehead atoms. The molecule has 5 heteroatoms. The maximum absolute atomic E-state index is 11.9. The number of aryl methyl sites for hydroxylation is 1. The van der Waals surface area contributed by atoms with Crippen molar-refractivity contribution >= 4 is 17.6 Å². The molecule has 0 aliphatic carbocycles. The van der Waals surface area contributed by atoms with Crippen LogP contribution in [0.4, 0.5) is 5.69 Å². The van der Waals surface area contributed by atoms with E-state index in [2.05, 4.69) is 10.2 Å². The van der Waals surface area contributed by atoms with Crippen molar-refractivity contribution in [3.63, 3.8) is 0 Å². The molecule has 1 saturated heterocycles. The standard InChI is InChI=1S/C15H20N2O3/c1-11-4-5-12(10-13(11)15(19)20)16-14(18)6-9-17-7-2-3-8-17/h4-5,10H,2-3,6-9H2,1H3,(H,16,18)(H,19,20). The number of amides is 1. The normalized spacial score (nSPS) is 15.2. The van der Waals surface area contributed by atoms with Gasteiger partial charge in [0.15, 0.2) is 0 Å². The second kappa shape index (κ2) is 6.52. The fraction of sp³-hybridized carbons (Fsp3) is 0.467. The van der Waals surface area contributed by atoms with Crippen molar-refractivity contribution in [2.75, 3.05) is 25.0 Å². The van der Waals surface area contributed by atoms with Gasteiger partial charge in [-0.05, 0) is 50.6 Å². The molecule has 20 heavy (non-hydrogen) atoms. The van der Waals surface area contributed by atoms with Crippen molar-refractivity contribution < 1.29 is 14.7 Å². The lowest BCUT2D eigenvalue weighted by atomic mass is 10.1. The van der Waals surface area contributed by atoms with Gasteiger partial charge < -0.3 is 15.3 Å². The smallest absolute Gasteiger partial charge is 0.336 e. The Morgan fingerprint density at radius 1 is 1.30 bits per heavy atom. The zero-order valence-electron chi connectivity index (χ0n) is 11.7. The summed E-state index contributed by atoms with van der Waals surface area (Å²) in [6, 6.07) is 4.94. The minimum atomic E-state index is -0.976. The highest BCUT2D eigenvalue weighted by atomic mass is 16.4. The van der Waals surface area contributed by atoms with Crippen LogP contribution in [0.3, 0.4) is 0 Å². The molecule has 1 amide bonds. The molecule has 0 unspecified atom stereocenters. The molecule has 1 aromatic carbocycles. The van der Waals surface area contributed by atoms with E-state index in [9.17, 15) is 9.59 Å². The van der Waals surface area contributed by atoms with Crippen molar-refractivity contribution in [3.8, 4) is 0 Å². The van der Waals surface area contributed by atoms with E-state index in [-0.39, 0.29) is 11.5 Å². The van der Waals surface area contributed by atoms with Crippen molar-refractivity contribution in [2.45, 2.75) is 26.2 Å². The number of aromatic carboxylic acids is 1. The first-order valence-corrected chi connectivity index (χ1v) is 6.92. The minimum absolute atomic E-state index is 0.0721. The van der Waals surface area contributed by atoms with E-state index >= 15 is 0 Å². The molecular weight excluding hydrogens is 256 g/mol. The summed E-state index contributed by atoms with van der Waals surface area (Å²) in [7, 11) is 0. The Bertz CT molecular complexity index is 508. The van der Waals surface area contributed by atoms with Crippen LogP contribution in [0, 0.1) is 6.92 Å². The fourth-order valence-electron chi connectivity index (χ4n) is 2.42. The summed E-state index contributed by atoms with van der Waals surface area (Å²) in [6.07, 6.45) is 2.86. The van der Waals surface area contributed by atoms with E-state index in [0.717, 1.165) is 19.6 Å². The average molecular weight is 276 g/mol. The molecule has 5 nitrogen and oxygen atoms in total. The van der Waals surface area contributed by atoms with E-state index in [1.807, 2.05) is 0 Å². The van der Waals surface area contributed by atoms with Crippen LogP contribution in [0.15, 0.2) is 18.2 Å². The number of hydrogen-bond donors (Lipinski definition) is 2. The Morgan fingerprint density at radius 3 is 2.65 bits per heavy atom. The Hall–Kier alpha value is -1.88. The van der Waals surface area contributed by atoms with E-state index in [1.165, 1.54) is 18.9 Å². The van der Waals surface area contributed by atoms with Gasteiger partial charge in [-0.1, -0.05) is 6.07 Å². The molecule has 0 radical (unpaired) electrons. The zero-order valence-corrected chi connectivity index (χ0v) is 11.7.